The minimum absolute atomic E-state index is 0.0595. The predicted molar refractivity (Wildman–Crippen MR) is 157 cm³/mol. The van der Waals surface area contributed by atoms with Crippen molar-refractivity contribution < 1.29 is 33.8 Å². The van der Waals surface area contributed by atoms with E-state index in [-0.39, 0.29) is 26.0 Å². The molecular weight excluding hydrogens is 609 g/mol. The number of ether oxygens (including phenoxy) is 2. The Morgan fingerprint density at radius 2 is 1.71 bits per heavy atom. The van der Waals surface area contributed by atoms with Crippen LogP contribution in [-0.2, 0) is 31.3 Å². The number of hydrogen-bond donors (Lipinski definition) is 1. The Bertz CT molecular complexity index is 1440. The number of carbonyl (C=O) groups is 3. The molecule has 1 saturated heterocycles. The third-order valence-corrected chi connectivity index (χ3v) is 6.90. The van der Waals surface area contributed by atoms with E-state index < -0.39 is 39.3 Å². The molecule has 2 atom stereocenters. The van der Waals surface area contributed by atoms with E-state index in [4.69, 9.17) is 49.1 Å². The number of halogens is 3. The molecule has 0 spiro atoms. The fourth-order valence-electron chi connectivity index (χ4n) is 4.93. The first-order chi connectivity index (χ1) is 19.7. The summed E-state index contributed by atoms with van der Waals surface area (Å²) in [6, 6.07) is 16.8. The number of rotatable bonds is 6. The molecule has 13 heteroatoms. The van der Waals surface area contributed by atoms with Gasteiger partial charge in [-0.05, 0) is 80.0 Å². The summed E-state index contributed by atoms with van der Waals surface area (Å²) in [6.45, 7) is 4.63. The summed E-state index contributed by atoms with van der Waals surface area (Å²) in [4.78, 5) is 51.6. The normalized spacial score (nSPS) is 19.3. The molecule has 1 fully saturated rings. The van der Waals surface area contributed by atoms with Crippen molar-refractivity contribution in [2.45, 2.75) is 61.4 Å². The second-order valence-electron chi connectivity index (χ2n) is 10.7. The van der Waals surface area contributed by atoms with Crippen LogP contribution in [0.25, 0.3) is 10.9 Å². The first kappa shape index (κ1) is 31.6. The quantitative estimate of drug-likeness (QED) is 0.231. The largest absolute Gasteiger partial charge is 0.479 e. The number of carboxylic acid groups (broad SMARTS) is 1. The van der Waals surface area contributed by atoms with Crippen LogP contribution in [0.3, 0.4) is 0 Å². The number of alkyl halides is 3. The number of likely N-dealkylation sites (tertiary alicyclic amines) is 1. The number of benzene rings is 2. The van der Waals surface area contributed by atoms with Crippen molar-refractivity contribution in [2.24, 2.45) is 0 Å². The lowest BCUT2D eigenvalue weighted by Gasteiger charge is -2.48. The van der Waals surface area contributed by atoms with Crippen molar-refractivity contribution >= 4 is 63.9 Å². The van der Waals surface area contributed by atoms with Crippen molar-refractivity contribution in [3.63, 3.8) is 0 Å². The summed E-state index contributed by atoms with van der Waals surface area (Å²) in [5.41, 5.74) is -1.40. The number of carboxylic acids is 1. The summed E-state index contributed by atoms with van der Waals surface area (Å²) < 4.78 is 8.24. The molecule has 1 aliphatic heterocycles. The number of pyridine rings is 1. The van der Waals surface area contributed by atoms with E-state index in [1.165, 1.54) is 0 Å². The third-order valence-electron chi connectivity index (χ3n) is 6.67. The van der Waals surface area contributed by atoms with Crippen LogP contribution in [0.1, 0.15) is 44.7 Å². The second-order valence-corrected chi connectivity index (χ2v) is 12.9. The van der Waals surface area contributed by atoms with E-state index in [0.29, 0.717) is 16.5 Å². The summed E-state index contributed by atoms with van der Waals surface area (Å²) in [6.07, 6.45) is -0.543. The summed E-state index contributed by atoms with van der Waals surface area (Å²) in [7, 11) is 0. The molecule has 0 unspecified atom stereocenters. The lowest BCUT2D eigenvalue weighted by molar-refractivity contribution is -0.191. The maximum Gasteiger partial charge on any atom is 0.437 e. The van der Waals surface area contributed by atoms with Gasteiger partial charge in [-0.2, -0.15) is 5.06 Å². The minimum atomic E-state index is -2.40. The van der Waals surface area contributed by atoms with Gasteiger partial charge in [-0.15, -0.1) is 0 Å². The van der Waals surface area contributed by atoms with Gasteiger partial charge in [-0.25, -0.2) is 14.4 Å². The fraction of sp³-hybridized carbons (Fsp3) is 0.379. The van der Waals surface area contributed by atoms with Gasteiger partial charge in [0.05, 0.1) is 11.6 Å². The number of carbonyl (C=O) groups excluding carboxylic acids is 2. The smallest absolute Gasteiger partial charge is 0.437 e. The van der Waals surface area contributed by atoms with Gasteiger partial charge in [0.15, 0.2) is 5.54 Å². The molecule has 0 radical (unpaired) electrons. The molecular formula is C29H30Cl3N3O7. The Kier molecular flexibility index (Phi) is 9.42. The lowest BCUT2D eigenvalue weighted by atomic mass is 9.78. The zero-order valence-corrected chi connectivity index (χ0v) is 25.4. The van der Waals surface area contributed by atoms with Crippen molar-refractivity contribution in [3.05, 3.63) is 78.0 Å². The first-order valence-corrected chi connectivity index (χ1v) is 14.2. The lowest BCUT2D eigenvalue weighted by Crippen LogP contribution is -2.63. The number of piperidine rings is 1. The van der Waals surface area contributed by atoms with Crippen molar-refractivity contribution in [1.82, 2.24) is 14.9 Å². The number of nitrogens with zero attached hydrogens (tertiary/aromatic N) is 3. The number of para-hydroxylation sites is 1. The van der Waals surface area contributed by atoms with Crippen LogP contribution in [-0.4, -0.2) is 60.4 Å². The predicted octanol–water partition coefficient (Wildman–Crippen LogP) is 6.81. The highest BCUT2D eigenvalue weighted by Crippen LogP contribution is 2.43. The zero-order valence-electron chi connectivity index (χ0n) is 23.1. The monoisotopic (exact) mass is 637 g/mol. The van der Waals surface area contributed by atoms with Gasteiger partial charge in [0, 0.05) is 23.7 Å². The zero-order chi connectivity index (χ0) is 30.7. The molecule has 42 heavy (non-hydrogen) atoms. The Labute approximate surface area is 257 Å². The van der Waals surface area contributed by atoms with Crippen LogP contribution >= 0.6 is 34.8 Å². The number of amides is 2. The molecule has 2 amide bonds. The van der Waals surface area contributed by atoms with Crippen LogP contribution in [0.2, 0.25) is 0 Å². The number of hydrogen-bond acceptors (Lipinski definition) is 7. The summed E-state index contributed by atoms with van der Waals surface area (Å²) in [5, 5.41) is 12.4. The van der Waals surface area contributed by atoms with Crippen LogP contribution in [0, 0.1) is 0 Å². The van der Waals surface area contributed by atoms with E-state index in [9.17, 15) is 19.5 Å². The minimum Gasteiger partial charge on any atom is -0.479 e. The van der Waals surface area contributed by atoms with Crippen LogP contribution in [0.15, 0.2) is 66.9 Å². The molecule has 3 aromatic rings. The summed E-state index contributed by atoms with van der Waals surface area (Å²) in [5.74, 6) is -1.29. The van der Waals surface area contributed by atoms with E-state index in [1.807, 2.05) is 6.07 Å². The molecule has 0 saturated carbocycles. The number of aliphatic carboxylic acids is 1. The van der Waals surface area contributed by atoms with E-state index in [0.717, 1.165) is 15.5 Å². The molecule has 224 valence electrons. The average Bonchev–Trinajstić information content (AvgIpc) is 2.91. The molecule has 1 N–H and O–H groups in total. The Morgan fingerprint density at radius 3 is 2.36 bits per heavy atom. The SMILES string of the molecule is CC(C)(C)OC(=O)N1C[C@H](N(OCc2ccccc2)C(=O)OC(Cl)(Cl)Cl)CC[C@@]1(C(=O)O)c1cccc2cccnc12. The van der Waals surface area contributed by atoms with Gasteiger partial charge in [0.1, 0.15) is 12.2 Å². The fourth-order valence-corrected chi connectivity index (χ4v) is 5.13. The van der Waals surface area contributed by atoms with Crippen LogP contribution in [0.4, 0.5) is 9.59 Å². The topological polar surface area (TPSA) is 118 Å². The molecule has 0 aliphatic carbocycles. The van der Waals surface area contributed by atoms with Crippen LogP contribution < -0.4 is 0 Å². The number of hydroxylamine groups is 2. The second kappa shape index (κ2) is 12.5. The van der Waals surface area contributed by atoms with Gasteiger partial charge in [-0.3, -0.25) is 14.7 Å². The van der Waals surface area contributed by atoms with Gasteiger partial charge in [0.25, 0.3) is 0 Å². The molecule has 1 aromatic heterocycles. The first-order valence-electron chi connectivity index (χ1n) is 13.1. The van der Waals surface area contributed by atoms with E-state index in [1.54, 1.807) is 81.6 Å². The molecule has 0 bridgehead atoms. The average molecular weight is 639 g/mol. The third kappa shape index (κ3) is 7.18. The molecule has 1 aliphatic rings. The number of aromatic nitrogens is 1. The maximum atomic E-state index is 13.8. The Hall–Kier alpha value is -3.31. The highest BCUT2D eigenvalue weighted by atomic mass is 35.6. The summed E-state index contributed by atoms with van der Waals surface area (Å²) >= 11 is 17.2. The van der Waals surface area contributed by atoms with Gasteiger partial charge in [-0.1, -0.05) is 54.6 Å². The molecule has 2 aromatic carbocycles. The standard InChI is InChI=1S/C29H30Cl3N3O7/c1-27(2,3)41-25(38)34-17-21(35(26(39)42-29(30,31)32)40-18-19-9-5-4-6-10-19)14-15-28(34,24(36)37)22-13-7-11-20-12-8-16-33-23(20)22/h4-13,16,21H,14-15,17-18H2,1-3H3,(H,36,37)/t21-,28+/m1/s1. The van der Waals surface area contributed by atoms with Crippen molar-refractivity contribution in [2.75, 3.05) is 6.54 Å². The highest BCUT2D eigenvalue weighted by molar-refractivity contribution is 6.66. The molecule has 4 rings (SSSR count). The van der Waals surface area contributed by atoms with Gasteiger partial charge >= 0.3 is 22.1 Å². The van der Waals surface area contributed by atoms with Crippen molar-refractivity contribution in [1.29, 1.82) is 0 Å². The molecule has 10 nitrogen and oxygen atoms in total. The van der Waals surface area contributed by atoms with E-state index in [2.05, 4.69) is 4.98 Å². The molecule has 2 heterocycles. The Morgan fingerprint density at radius 1 is 1.02 bits per heavy atom. The highest BCUT2D eigenvalue weighted by Gasteiger charge is 2.55. The van der Waals surface area contributed by atoms with Crippen LogP contribution in [0.5, 0.6) is 0 Å². The van der Waals surface area contributed by atoms with E-state index >= 15 is 0 Å². The van der Waals surface area contributed by atoms with Gasteiger partial charge in [0.2, 0.25) is 0 Å². The van der Waals surface area contributed by atoms with Gasteiger partial charge < -0.3 is 14.6 Å². The Balaban J connectivity index is 1.78. The maximum absolute atomic E-state index is 13.8. The van der Waals surface area contributed by atoms with Crippen molar-refractivity contribution in [3.8, 4) is 0 Å². The number of fused-ring (bicyclic) bond motifs is 1.